The van der Waals surface area contributed by atoms with Crippen molar-refractivity contribution >= 4 is 48.0 Å². The molecule has 0 spiro atoms. The first-order chi connectivity index (χ1) is 11.8. The van der Waals surface area contributed by atoms with Crippen molar-refractivity contribution in [2.24, 2.45) is 5.73 Å². The van der Waals surface area contributed by atoms with Crippen LogP contribution in [0.25, 0.3) is 0 Å². The lowest BCUT2D eigenvalue weighted by Gasteiger charge is -2.24. The number of hydrogen-bond donors (Lipinski definition) is 2. The smallest absolute Gasteiger partial charge is 0.248 e. The van der Waals surface area contributed by atoms with Crippen LogP contribution in [0.1, 0.15) is 12.5 Å². The van der Waals surface area contributed by atoms with Gasteiger partial charge in [0.15, 0.2) is 0 Å². The Morgan fingerprint density at radius 3 is 2.37 bits per heavy atom. The predicted molar refractivity (Wildman–Crippen MR) is 117 cm³/mol. The largest absolute Gasteiger partial charge is 0.491 e. The van der Waals surface area contributed by atoms with E-state index in [1.807, 2.05) is 49.3 Å². The zero-order valence-corrected chi connectivity index (χ0v) is 18.0. The number of nitrogens with one attached hydrogen (secondary N) is 1. The van der Waals surface area contributed by atoms with E-state index in [9.17, 15) is 4.79 Å². The van der Waals surface area contributed by atoms with Gasteiger partial charge < -0.3 is 20.7 Å². The Morgan fingerprint density at radius 1 is 1.19 bits per heavy atom. The molecule has 0 saturated heterocycles. The fourth-order valence-electron chi connectivity index (χ4n) is 2.21. The van der Waals surface area contributed by atoms with Gasteiger partial charge >= 0.3 is 0 Å². The predicted octanol–water partition coefficient (Wildman–Crippen LogP) is 3.94. The molecule has 0 heterocycles. The topological polar surface area (TPSA) is 67.6 Å². The maximum atomic E-state index is 12.6. The van der Waals surface area contributed by atoms with Gasteiger partial charge in [-0.2, -0.15) is 0 Å². The molecule has 2 rings (SSSR count). The van der Waals surface area contributed by atoms with Crippen LogP contribution in [-0.4, -0.2) is 38.1 Å². The Bertz CT molecular complexity index is 725. The molecule has 2 aromatic carbocycles. The Labute approximate surface area is 178 Å². The van der Waals surface area contributed by atoms with Gasteiger partial charge in [0.25, 0.3) is 0 Å². The molecule has 2 aromatic rings. The van der Waals surface area contributed by atoms with E-state index >= 15 is 0 Å². The minimum Gasteiger partial charge on any atom is -0.491 e. The highest BCUT2D eigenvalue weighted by atomic mass is 35.5. The molecule has 0 radical (unpaired) electrons. The molecule has 1 unspecified atom stereocenters. The number of hydrogen-bond acceptors (Lipinski definition) is 4. The Hall–Kier alpha value is -1.50. The first-order valence-corrected chi connectivity index (χ1v) is 8.41. The first kappa shape index (κ1) is 25.5. The molecule has 27 heavy (non-hydrogen) atoms. The van der Waals surface area contributed by atoms with Crippen molar-refractivity contribution < 1.29 is 9.53 Å². The van der Waals surface area contributed by atoms with Crippen molar-refractivity contribution in [3.05, 3.63) is 59.1 Å². The highest BCUT2D eigenvalue weighted by molar-refractivity contribution is 6.32. The Balaban J connectivity index is 0.00000338. The van der Waals surface area contributed by atoms with Crippen LogP contribution in [0.4, 0.5) is 5.69 Å². The van der Waals surface area contributed by atoms with Crippen LogP contribution in [0.3, 0.4) is 0 Å². The molecule has 5 nitrogen and oxygen atoms in total. The highest BCUT2D eigenvalue weighted by Crippen LogP contribution is 2.28. The van der Waals surface area contributed by atoms with Crippen molar-refractivity contribution in [2.75, 3.05) is 32.6 Å². The SMILES string of the molecule is CN(C)CCOc1ccc(NC(=O)C(C)(N)c2ccccc2)cc1Cl.Cl.Cl. The van der Waals surface area contributed by atoms with Crippen LogP contribution < -0.4 is 15.8 Å². The van der Waals surface area contributed by atoms with E-state index < -0.39 is 5.54 Å². The minimum atomic E-state index is -1.14. The summed E-state index contributed by atoms with van der Waals surface area (Å²) in [5.74, 6) is 0.274. The van der Waals surface area contributed by atoms with Gasteiger partial charge in [-0.3, -0.25) is 4.79 Å². The van der Waals surface area contributed by atoms with Gasteiger partial charge in [0.2, 0.25) is 5.91 Å². The van der Waals surface area contributed by atoms with Crippen LogP contribution in [0.15, 0.2) is 48.5 Å². The molecule has 1 atom stereocenters. The third-order valence-corrected chi connectivity index (χ3v) is 4.13. The summed E-state index contributed by atoms with van der Waals surface area (Å²) in [6, 6.07) is 14.4. The molecule has 0 aliphatic rings. The van der Waals surface area contributed by atoms with Gasteiger partial charge in [-0.15, -0.1) is 24.8 Å². The second-order valence-corrected chi connectivity index (χ2v) is 6.73. The maximum Gasteiger partial charge on any atom is 0.248 e. The summed E-state index contributed by atoms with van der Waals surface area (Å²) in [5, 5.41) is 3.25. The fraction of sp³-hybridized carbons (Fsp3) is 0.316. The molecule has 3 N–H and O–H groups in total. The van der Waals surface area contributed by atoms with E-state index in [0.29, 0.717) is 23.1 Å². The van der Waals surface area contributed by atoms with Crippen molar-refractivity contribution in [1.82, 2.24) is 4.90 Å². The summed E-state index contributed by atoms with van der Waals surface area (Å²) in [6.07, 6.45) is 0. The molecule has 0 fully saturated rings. The van der Waals surface area contributed by atoms with Crippen molar-refractivity contribution in [2.45, 2.75) is 12.5 Å². The Kier molecular flexibility index (Phi) is 10.7. The monoisotopic (exact) mass is 433 g/mol. The number of likely N-dealkylation sites (N-methyl/N-ethyl adjacent to an activating group) is 1. The number of carbonyl (C=O) groups is 1. The Morgan fingerprint density at radius 2 is 1.81 bits per heavy atom. The van der Waals surface area contributed by atoms with Crippen LogP contribution >= 0.6 is 36.4 Å². The standard InChI is InChI=1S/C19H24ClN3O2.2ClH/c1-19(21,14-7-5-4-6-8-14)18(24)22-15-9-10-17(16(20)13-15)25-12-11-23(2)3;;/h4-10,13H,11-12,21H2,1-3H3,(H,22,24);2*1H. The first-order valence-electron chi connectivity index (χ1n) is 8.03. The van der Waals surface area contributed by atoms with Crippen LogP contribution in [0.5, 0.6) is 5.75 Å². The van der Waals surface area contributed by atoms with E-state index in [0.717, 1.165) is 12.1 Å². The molecule has 0 bridgehead atoms. The summed E-state index contributed by atoms with van der Waals surface area (Å²) >= 11 is 6.24. The van der Waals surface area contributed by atoms with Gasteiger partial charge in [-0.05, 0) is 44.8 Å². The number of amides is 1. The molecule has 0 aliphatic heterocycles. The van der Waals surface area contributed by atoms with E-state index in [2.05, 4.69) is 5.32 Å². The zero-order chi connectivity index (χ0) is 18.4. The summed E-state index contributed by atoms with van der Waals surface area (Å²) in [5.41, 5.74) is 6.38. The number of benzene rings is 2. The van der Waals surface area contributed by atoms with E-state index in [4.69, 9.17) is 22.1 Å². The minimum absolute atomic E-state index is 0. The van der Waals surface area contributed by atoms with Gasteiger partial charge in [0, 0.05) is 12.2 Å². The normalized spacial score (nSPS) is 12.4. The lowest BCUT2D eigenvalue weighted by Crippen LogP contribution is -2.45. The lowest BCUT2D eigenvalue weighted by molar-refractivity contribution is -0.120. The molecule has 0 saturated carbocycles. The van der Waals surface area contributed by atoms with Crippen LogP contribution in [0, 0.1) is 0 Å². The number of nitrogens with two attached hydrogens (primary N) is 1. The molecule has 1 amide bonds. The summed E-state index contributed by atoms with van der Waals surface area (Å²) < 4.78 is 5.63. The van der Waals surface area contributed by atoms with Crippen molar-refractivity contribution in [1.29, 1.82) is 0 Å². The zero-order valence-electron chi connectivity index (χ0n) is 15.6. The molecule has 0 aliphatic carbocycles. The number of ether oxygens (including phenoxy) is 1. The molecule has 0 aromatic heterocycles. The lowest BCUT2D eigenvalue weighted by atomic mass is 9.92. The third kappa shape index (κ3) is 7.20. The van der Waals surface area contributed by atoms with E-state index in [-0.39, 0.29) is 30.7 Å². The average molecular weight is 435 g/mol. The second kappa shape index (κ2) is 11.4. The number of halogens is 3. The van der Waals surface area contributed by atoms with Crippen molar-refractivity contribution in [3.8, 4) is 5.75 Å². The van der Waals surface area contributed by atoms with Crippen LogP contribution in [-0.2, 0) is 10.3 Å². The van der Waals surface area contributed by atoms with Crippen molar-refractivity contribution in [3.63, 3.8) is 0 Å². The molecular formula is C19H26Cl3N3O2. The van der Waals surface area contributed by atoms with E-state index in [1.54, 1.807) is 25.1 Å². The van der Waals surface area contributed by atoms with Gasteiger partial charge in [-0.1, -0.05) is 41.9 Å². The molecular weight excluding hydrogens is 409 g/mol. The summed E-state index contributed by atoms with van der Waals surface area (Å²) in [7, 11) is 3.94. The summed E-state index contributed by atoms with van der Waals surface area (Å²) in [4.78, 5) is 14.6. The van der Waals surface area contributed by atoms with E-state index in [1.165, 1.54) is 0 Å². The maximum absolute atomic E-state index is 12.6. The average Bonchev–Trinajstić information content (AvgIpc) is 2.57. The van der Waals surface area contributed by atoms with Gasteiger partial charge in [-0.25, -0.2) is 0 Å². The molecule has 8 heteroatoms. The fourth-order valence-corrected chi connectivity index (χ4v) is 2.45. The third-order valence-electron chi connectivity index (χ3n) is 3.83. The quantitative estimate of drug-likeness (QED) is 0.693. The number of anilines is 1. The number of nitrogens with zero attached hydrogens (tertiary/aromatic N) is 1. The second-order valence-electron chi connectivity index (χ2n) is 6.32. The van der Waals surface area contributed by atoms with Crippen LogP contribution in [0.2, 0.25) is 5.02 Å². The van der Waals surface area contributed by atoms with Gasteiger partial charge in [0.05, 0.1) is 5.02 Å². The summed E-state index contributed by atoms with van der Waals surface area (Å²) in [6.45, 7) is 3.00. The molecule has 150 valence electrons. The van der Waals surface area contributed by atoms with Gasteiger partial charge in [0.1, 0.15) is 17.9 Å². The highest BCUT2D eigenvalue weighted by Gasteiger charge is 2.30. The number of rotatable bonds is 7. The number of carbonyl (C=O) groups excluding carboxylic acids is 1.